The SMILES string of the molecule is FC(F)c1cc(Cl)n2ncc(Br)c2n1. The summed E-state index contributed by atoms with van der Waals surface area (Å²) in [5.74, 6) is 0. The number of hydrogen-bond donors (Lipinski definition) is 0. The van der Waals surface area contributed by atoms with Gasteiger partial charge in [-0.2, -0.15) is 5.10 Å². The smallest absolute Gasteiger partial charge is 0.226 e. The van der Waals surface area contributed by atoms with Gasteiger partial charge in [0, 0.05) is 6.07 Å². The molecule has 0 aliphatic heterocycles. The quantitative estimate of drug-likeness (QED) is 0.752. The molecule has 0 atom stereocenters. The second-order valence-corrected chi connectivity index (χ2v) is 3.77. The molecular formula is C7H3BrClF2N3. The average Bonchev–Trinajstić information content (AvgIpc) is 2.48. The maximum absolute atomic E-state index is 12.3. The van der Waals surface area contributed by atoms with E-state index in [1.165, 1.54) is 10.7 Å². The second kappa shape index (κ2) is 3.43. The van der Waals surface area contributed by atoms with Crippen LogP contribution in [0.15, 0.2) is 16.7 Å². The first-order valence-electron chi connectivity index (χ1n) is 3.57. The van der Waals surface area contributed by atoms with Crippen molar-refractivity contribution in [3.8, 4) is 0 Å². The van der Waals surface area contributed by atoms with E-state index in [-0.39, 0.29) is 16.5 Å². The standard InChI is InChI=1S/C7H3BrClF2N3/c8-3-2-12-14-5(9)1-4(6(10)11)13-7(3)14/h1-2,6H. The molecule has 0 amide bonds. The molecule has 0 aliphatic carbocycles. The van der Waals surface area contributed by atoms with Crippen molar-refractivity contribution in [1.82, 2.24) is 14.6 Å². The molecule has 74 valence electrons. The number of hydrogen-bond acceptors (Lipinski definition) is 2. The lowest BCUT2D eigenvalue weighted by molar-refractivity contribution is 0.146. The van der Waals surface area contributed by atoms with E-state index in [4.69, 9.17) is 11.6 Å². The minimum absolute atomic E-state index is 0.107. The fourth-order valence-corrected chi connectivity index (χ4v) is 1.61. The average molecular weight is 282 g/mol. The predicted octanol–water partition coefficient (Wildman–Crippen LogP) is 3.08. The van der Waals surface area contributed by atoms with Gasteiger partial charge in [-0.3, -0.25) is 0 Å². The van der Waals surface area contributed by atoms with Crippen LogP contribution in [-0.2, 0) is 0 Å². The van der Waals surface area contributed by atoms with Crippen LogP contribution in [0.3, 0.4) is 0 Å². The van der Waals surface area contributed by atoms with E-state index < -0.39 is 6.43 Å². The van der Waals surface area contributed by atoms with Crippen molar-refractivity contribution in [3.63, 3.8) is 0 Å². The predicted molar refractivity (Wildman–Crippen MR) is 50.7 cm³/mol. The molecule has 0 saturated heterocycles. The molecule has 0 radical (unpaired) electrons. The molecule has 3 nitrogen and oxygen atoms in total. The van der Waals surface area contributed by atoms with Crippen LogP contribution < -0.4 is 0 Å². The van der Waals surface area contributed by atoms with Crippen molar-refractivity contribution in [2.24, 2.45) is 0 Å². The van der Waals surface area contributed by atoms with Gasteiger partial charge >= 0.3 is 0 Å². The van der Waals surface area contributed by atoms with Gasteiger partial charge in [0.05, 0.1) is 10.7 Å². The molecule has 0 unspecified atom stereocenters. The molecule has 2 rings (SSSR count). The highest BCUT2D eigenvalue weighted by atomic mass is 79.9. The van der Waals surface area contributed by atoms with Crippen LogP contribution in [0, 0.1) is 0 Å². The highest BCUT2D eigenvalue weighted by Crippen LogP contribution is 2.24. The lowest BCUT2D eigenvalue weighted by atomic mass is 10.4. The first-order chi connectivity index (χ1) is 6.59. The number of alkyl halides is 2. The van der Waals surface area contributed by atoms with Gasteiger partial charge in [-0.15, -0.1) is 0 Å². The summed E-state index contributed by atoms with van der Waals surface area (Å²) in [5.41, 5.74) is -0.0727. The third-order valence-corrected chi connectivity index (χ3v) is 2.46. The lowest BCUT2D eigenvalue weighted by Gasteiger charge is -2.01. The molecule has 0 saturated carbocycles. The minimum atomic E-state index is -2.64. The van der Waals surface area contributed by atoms with Crippen LogP contribution in [-0.4, -0.2) is 14.6 Å². The van der Waals surface area contributed by atoms with E-state index in [9.17, 15) is 8.78 Å². The maximum Gasteiger partial charge on any atom is 0.280 e. The van der Waals surface area contributed by atoms with Crippen LogP contribution >= 0.6 is 27.5 Å². The van der Waals surface area contributed by atoms with Crippen LogP contribution in [0.1, 0.15) is 12.1 Å². The fraction of sp³-hybridized carbons (Fsp3) is 0.143. The summed E-state index contributed by atoms with van der Waals surface area (Å²) >= 11 is 8.86. The molecule has 0 aromatic carbocycles. The van der Waals surface area contributed by atoms with Crippen LogP contribution in [0.5, 0.6) is 0 Å². The number of nitrogens with zero attached hydrogens (tertiary/aromatic N) is 3. The Labute approximate surface area is 90.8 Å². The van der Waals surface area contributed by atoms with Crippen molar-refractivity contribution >= 4 is 33.2 Å². The molecule has 0 fully saturated rings. The van der Waals surface area contributed by atoms with Crippen molar-refractivity contribution < 1.29 is 8.78 Å². The zero-order valence-corrected chi connectivity index (χ0v) is 8.93. The summed E-state index contributed by atoms with van der Waals surface area (Å²) in [4.78, 5) is 3.71. The van der Waals surface area contributed by atoms with E-state index >= 15 is 0 Å². The van der Waals surface area contributed by atoms with Gasteiger partial charge in [-0.05, 0) is 15.9 Å². The van der Waals surface area contributed by atoms with Gasteiger partial charge in [0.25, 0.3) is 6.43 Å². The summed E-state index contributed by atoms with van der Waals surface area (Å²) in [6, 6.07) is 1.10. The normalized spacial score (nSPS) is 11.5. The van der Waals surface area contributed by atoms with Gasteiger partial charge in [0.2, 0.25) is 0 Å². The van der Waals surface area contributed by atoms with Gasteiger partial charge in [0.15, 0.2) is 5.65 Å². The number of rotatable bonds is 1. The zero-order valence-electron chi connectivity index (χ0n) is 6.59. The van der Waals surface area contributed by atoms with Crippen LogP contribution in [0.2, 0.25) is 5.15 Å². The summed E-state index contributed by atoms with van der Waals surface area (Å²) < 4.78 is 26.5. The van der Waals surface area contributed by atoms with E-state index in [0.29, 0.717) is 4.47 Å². The van der Waals surface area contributed by atoms with Gasteiger partial charge in [-0.1, -0.05) is 11.6 Å². The molecule has 2 aromatic rings. The van der Waals surface area contributed by atoms with Crippen molar-refractivity contribution in [2.45, 2.75) is 6.43 Å². The fourth-order valence-electron chi connectivity index (χ4n) is 1.03. The first kappa shape index (κ1) is 9.79. The minimum Gasteiger partial charge on any atom is -0.226 e. The maximum atomic E-state index is 12.3. The Morgan fingerprint density at radius 1 is 1.50 bits per heavy atom. The van der Waals surface area contributed by atoms with Gasteiger partial charge in [0.1, 0.15) is 10.8 Å². The van der Waals surface area contributed by atoms with Crippen molar-refractivity contribution in [1.29, 1.82) is 0 Å². The topological polar surface area (TPSA) is 30.2 Å². The Kier molecular flexibility index (Phi) is 2.40. The molecule has 0 N–H and O–H groups in total. The van der Waals surface area contributed by atoms with Crippen LogP contribution in [0.4, 0.5) is 8.78 Å². The second-order valence-electron chi connectivity index (χ2n) is 2.53. The van der Waals surface area contributed by atoms with Crippen LogP contribution in [0.25, 0.3) is 5.65 Å². The summed E-state index contributed by atoms with van der Waals surface area (Å²) in [6.07, 6.45) is -1.19. The highest BCUT2D eigenvalue weighted by molar-refractivity contribution is 9.10. The summed E-state index contributed by atoms with van der Waals surface area (Å²) in [6.45, 7) is 0. The van der Waals surface area contributed by atoms with Gasteiger partial charge < -0.3 is 0 Å². The molecule has 0 aliphatic rings. The molecule has 2 aromatic heterocycles. The Bertz CT molecular complexity index is 485. The highest BCUT2D eigenvalue weighted by Gasteiger charge is 2.14. The Morgan fingerprint density at radius 3 is 2.86 bits per heavy atom. The Hall–Kier alpha value is -0.750. The number of halogens is 4. The molecular weight excluding hydrogens is 279 g/mol. The molecule has 7 heteroatoms. The van der Waals surface area contributed by atoms with Crippen molar-refractivity contribution in [2.75, 3.05) is 0 Å². The van der Waals surface area contributed by atoms with E-state index in [2.05, 4.69) is 26.0 Å². The van der Waals surface area contributed by atoms with E-state index in [0.717, 1.165) is 6.07 Å². The van der Waals surface area contributed by atoms with E-state index in [1.807, 2.05) is 0 Å². The third-order valence-electron chi connectivity index (χ3n) is 1.63. The number of fused-ring (bicyclic) bond motifs is 1. The Balaban J connectivity index is 2.75. The molecule has 0 spiro atoms. The molecule has 2 heterocycles. The monoisotopic (exact) mass is 281 g/mol. The summed E-state index contributed by atoms with van der Waals surface area (Å²) in [5, 5.41) is 3.96. The summed E-state index contributed by atoms with van der Waals surface area (Å²) in [7, 11) is 0. The molecule has 0 bridgehead atoms. The first-order valence-corrected chi connectivity index (χ1v) is 4.74. The largest absolute Gasteiger partial charge is 0.280 e. The van der Waals surface area contributed by atoms with Crippen molar-refractivity contribution in [3.05, 3.63) is 27.6 Å². The lowest BCUT2D eigenvalue weighted by Crippen LogP contribution is -1.97. The Morgan fingerprint density at radius 2 is 2.21 bits per heavy atom. The van der Waals surface area contributed by atoms with Gasteiger partial charge in [-0.25, -0.2) is 18.3 Å². The third kappa shape index (κ3) is 1.48. The molecule has 14 heavy (non-hydrogen) atoms. The van der Waals surface area contributed by atoms with E-state index in [1.54, 1.807) is 0 Å². The number of aromatic nitrogens is 3. The zero-order chi connectivity index (χ0) is 10.3.